The average Bonchev–Trinajstić information content (AvgIpc) is 2.71. The van der Waals surface area contributed by atoms with E-state index >= 15 is 0 Å². The largest absolute Gasteiger partial charge is 0.462 e. The van der Waals surface area contributed by atoms with E-state index in [0.29, 0.717) is 11.3 Å². The van der Waals surface area contributed by atoms with E-state index < -0.39 is 6.29 Å². The van der Waals surface area contributed by atoms with E-state index in [-0.39, 0.29) is 17.3 Å². The molecule has 0 unspecified atom stereocenters. The fourth-order valence-electron chi connectivity index (χ4n) is 5.26. The Balaban J connectivity index is 1.93. The molecule has 0 radical (unpaired) electrons. The maximum absolute atomic E-state index is 11.3. The molecule has 2 fully saturated rings. The molecule has 2 aliphatic carbocycles. The topological polar surface area (TPSA) is 35.5 Å². The molecule has 20 heavy (non-hydrogen) atoms. The highest BCUT2D eigenvalue weighted by atomic mass is 16.7. The van der Waals surface area contributed by atoms with Gasteiger partial charge in [-0.25, -0.2) is 0 Å². The molecule has 4 atom stereocenters. The summed E-state index contributed by atoms with van der Waals surface area (Å²) in [6, 6.07) is 0. The summed E-state index contributed by atoms with van der Waals surface area (Å²) in [4.78, 5) is 11.3. The van der Waals surface area contributed by atoms with Gasteiger partial charge in [0.25, 0.3) is 0 Å². The number of hydrogen-bond donors (Lipinski definition) is 0. The molecule has 0 amide bonds. The van der Waals surface area contributed by atoms with Crippen molar-refractivity contribution >= 4 is 5.97 Å². The van der Waals surface area contributed by atoms with Crippen LogP contribution in [0.5, 0.6) is 0 Å². The standard InChI is InChI=1S/C17H26O3/c1-11(18)20-15-14-12(10-19-15)6-7-13-16(2,3)8-5-9-17(13,14)4/h10,13-15H,5-9H2,1-4H3/t13-,14+,15-,17-/m0/s1. The van der Waals surface area contributed by atoms with E-state index in [1.807, 2.05) is 6.26 Å². The Labute approximate surface area is 121 Å². The molecular formula is C17H26O3. The van der Waals surface area contributed by atoms with Crippen molar-refractivity contribution in [2.45, 2.75) is 66.1 Å². The number of ether oxygens (including phenoxy) is 2. The summed E-state index contributed by atoms with van der Waals surface area (Å²) in [5.41, 5.74) is 1.93. The van der Waals surface area contributed by atoms with Crippen LogP contribution in [0.4, 0.5) is 0 Å². The summed E-state index contributed by atoms with van der Waals surface area (Å²) < 4.78 is 11.1. The van der Waals surface area contributed by atoms with Crippen LogP contribution in [0.15, 0.2) is 11.8 Å². The van der Waals surface area contributed by atoms with Crippen molar-refractivity contribution in [2.75, 3.05) is 0 Å². The molecule has 0 saturated heterocycles. The molecule has 0 aromatic rings. The third kappa shape index (κ3) is 1.97. The highest BCUT2D eigenvalue weighted by Gasteiger charge is 2.58. The van der Waals surface area contributed by atoms with Gasteiger partial charge in [-0.3, -0.25) is 4.79 Å². The van der Waals surface area contributed by atoms with Crippen LogP contribution in [0, 0.1) is 22.7 Å². The third-order valence-electron chi connectivity index (χ3n) is 6.02. The number of fused-ring (bicyclic) bond motifs is 3. The Morgan fingerprint density at radius 2 is 2.10 bits per heavy atom. The highest BCUT2D eigenvalue weighted by molar-refractivity contribution is 5.66. The van der Waals surface area contributed by atoms with Crippen molar-refractivity contribution in [2.24, 2.45) is 22.7 Å². The van der Waals surface area contributed by atoms with E-state index in [9.17, 15) is 4.79 Å². The lowest BCUT2D eigenvalue weighted by atomic mass is 9.47. The van der Waals surface area contributed by atoms with Crippen LogP contribution in [0.3, 0.4) is 0 Å². The first-order valence-corrected chi connectivity index (χ1v) is 7.86. The van der Waals surface area contributed by atoms with E-state index in [0.717, 1.165) is 6.42 Å². The molecule has 1 heterocycles. The molecule has 0 N–H and O–H groups in total. The molecule has 0 spiro atoms. The second-order valence-corrected chi connectivity index (χ2v) is 7.72. The number of rotatable bonds is 1. The Bertz CT molecular complexity index is 451. The maximum Gasteiger partial charge on any atom is 0.305 e. The Kier molecular flexibility index (Phi) is 3.15. The highest BCUT2D eigenvalue weighted by Crippen LogP contribution is 2.63. The molecule has 2 saturated carbocycles. The van der Waals surface area contributed by atoms with Crippen LogP contribution < -0.4 is 0 Å². The first-order valence-electron chi connectivity index (χ1n) is 7.86. The molecule has 0 aromatic heterocycles. The van der Waals surface area contributed by atoms with Crippen molar-refractivity contribution in [3.05, 3.63) is 11.8 Å². The van der Waals surface area contributed by atoms with Gasteiger partial charge in [0.1, 0.15) is 0 Å². The van der Waals surface area contributed by atoms with E-state index in [2.05, 4.69) is 20.8 Å². The van der Waals surface area contributed by atoms with Crippen LogP contribution in [-0.4, -0.2) is 12.3 Å². The smallest absolute Gasteiger partial charge is 0.305 e. The summed E-state index contributed by atoms with van der Waals surface area (Å²) in [6.07, 6.45) is 7.57. The van der Waals surface area contributed by atoms with Crippen molar-refractivity contribution in [3.8, 4) is 0 Å². The van der Waals surface area contributed by atoms with Gasteiger partial charge in [-0.2, -0.15) is 0 Å². The molecule has 0 bridgehead atoms. The van der Waals surface area contributed by atoms with Gasteiger partial charge in [-0.15, -0.1) is 0 Å². The quantitative estimate of drug-likeness (QED) is 0.679. The molecule has 1 aliphatic heterocycles. The van der Waals surface area contributed by atoms with E-state index in [1.54, 1.807) is 0 Å². The number of esters is 1. The normalized spacial score (nSPS) is 42.0. The third-order valence-corrected chi connectivity index (χ3v) is 6.02. The predicted molar refractivity (Wildman–Crippen MR) is 76.7 cm³/mol. The lowest BCUT2D eigenvalue weighted by molar-refractivity contribution is -0.186. The minimum atomic E-state index is -0.399. The number of carbonyl (C=O) groups is 1. The molecule has 112 valence electrons. The van der Waals surface area contributed by atoms with Gasteiger partial charge >= 0.3 is 5.97 Å². The van der Waals surface area contributed by atoms with Crippen LogP contribution in [0.25, 0.3) is 0 Å². The Morgan fingerprint density at radius 3 is 2.80 bits per heavy atom. The van der Waals surface area contributed by atoms with Crippen molar-refractivity contribution in [3.63, 3.8) is 0 Å². The minimum Gasteiger partial charge on any atom is -0.462 e. The monoisotopic (exact) mass is 278 g/mol. The van der Waals surface area contributed by atoms with Crippen molar-refractivity contribution in [1.82, 2.24) is 0 Å². The lowest BCUT2D eigenvalue weighted by Crippen LogP contribution is -2.52. The summed E-state index contributed by atoms with van der Waals surface area (Å²) >= 11 is 0. The van der Waals surface area contributed by atoms with Gasteiger partial charge in [-0.1, -0.05) is 27.2 Å². The zero-order valence-corrected chi connectivity index (χ0v) is 13.1. The van der Waals surface area contributed by atoms with Gasteiger partial charge in [0.2, 0.25) is 6.29 Å². The van der Waals surface area contributed by atoms with Crippen LogP contribution in [0.2, 0.25) is 0 Å². The zero-order chi connectivity index (χ0) is 14.5. The molecule has 0 aromatic carbocycles. The fraction of sp³-hybridized carbons (Fsp3) is 0.824. The second kappa shape index (κ2) is 4.51. The summed E-state index contributed by atoms with van der Waals surface area (Å²) in [6.45, 7) is 8.66. The van der Waals surface area contributed by atoms with E-state index in [4.69, 9.17) is 9.47 Å². The predicted octanol–water partition coefficient (Wildman–Crippen LogP) is 4.03. The van der Waals surface area contributed by atoms with Gasteiger partial charge in [-0.05, 0) is 48.0 Å². The second-order valence-electron chi connectivity index (χ2n) is 7.72. The first-order chi connectivity index (χ1) is 9.34. The van der Waals surface area contributed by atoms with Gasteiger partial charge in [0.15, 0.2) is 0 Å². The van der Waals surface area contributed by atoms with Crippen LogP contribution in [0.1, 0.15) is 59.8 Å². The Hall–Kier alpha value is -0.990. The summed E-state index contributed by atoms with van der Waals surface area (Å²) in [7, 11) is 0. The SMILES string of the molecule is CC(=O)O[C@@H]1OC=C2CC[C@H]3C(C)(C)CCC[C@]3(C)[C@H]21. The van der Waals surface area contributed by atoms with Crippen molar-refractivity contribution in [1.29, 1.82) is 0 Å². The molecule has 3 rings (SSSR count). The minimum absolute atomic E-state index is 0.197. The zero-order valence-electron chi connectivity index (χ0n) is 13.1. The van der Waals surface area contributed by atoms with E-state index in [1.165, 1.54) is 38.2 Å². The lowest BCUT2D eigenvalue weighted by Gasteiger charge is -2.57. The summed E-state index contributed by atoms with van der Waals surface area (Å²) in [5, 5.41) is 0. The maximum atomic E-state index is 11.3. The molecule has 3 heteroatoms. The molecule has 3 nitrogen and oxygen atoms in total. The van der Waals surface area contributed by atoms with Crippen LogP contribution >= 0.6 is 0 Å². The van der Waals surface area contributed by atoms with Crippen LogP contribution in [-0.2, 0) is 14.3 Å². The Morgan fingerprint density at radius 1 is 1.35 bits per heavy atom. The number of hydrogen-bond acceptors (Lipinski definition) is 3. The summed E-state index contributed by atoms with van der Waals surface area (Å²) in [5.74, 6) is 0.695. The molecular weight excluding hydrogens is 252 g/mol. The van der Waals surface area contributed by atoms with Gasteiger partial charge in [0.05, 0.1) is 12.2 Å². The first kappa shape index (κ1) is 14.0. The van der Waals surface area contributed by atoms with Gasteiger partial charge in [0, 0.05) is 6.92 Å². The van der Waals surface area contributed by atoms with Crippen molar-refractivity contribution < 1.29 is 14.3 Å². The average molecular weight is 278 g/mol. The fourth-order valence-corrected chi connectivity index (χ4v) is 5.26. The number of carbonyl (C=O) groups excluding carboxylic acids is 1. The molecule has 3 aliphatic rings. The van der Waals surface area contributed by atoms with Gasteiger partial charge < -0.3 is 9.47 Å².